The molecular weight excluding hydrogens is 188 g/mol. The van der Waals surface area contributed by atoms with Crippen LogP contribution in [0.3, 0.4) is 0 Å². The monoisotopic (exact) mass is 207 g/mol. The van der Waals surface area contributed by atoms with Crippen molar-refractivity contribution in [1.82, 2.24) is 0 Å². The molecule has 0 atom stereocenters. The molecule has 0 aromatic rings. The highest BCUT2D eigenvalue weighted by Gasteiger charge is 2.55. The van der Waals surface area contributed by atoms with Crippen LogP contribution in [0.4, 0.5) is 0 Å². The first-order chi connectivity index (χ1) is 7.22. The van der Waals surface area contributed by atoms with Crippen LogP contribution in [0.5, 0.6) is 0 Å². The lowest BCUT2D eigenvalue weighted by Crippen LogP contribution is -2.50. The van der Waals surface area contributed by atoms with Crippen LogP contribution in [0, 0.1) is 30.1 Å². The van der Waals surface area contributed by atoms with Crippen molar-refractivity contribution < 1.29 is 9.53 Å². The molecule has 15 heavy (non-hydrogen) atoms. The summed E-state index contributed by atoms with van der Waals surface area (Å²) in [5.41, 5.74) is -0.0908. The van der Waals surface area contributed by atoms with Crippen LogP contribution in [0.1, 0.15) is 38.5 Å². The van der Waals surface area contributed by atoms with Gasteiger partial charge in [0.1, 0.15) is 0 Å². The van der Waals surface area contributed by atoms with E-state index in [0.29, 0.717) is 6.61 Å². The van der Waals surface area contributed by atoms with Gasteiger partial charge in [-0.3, -0.25) is 4.79 Å². The van der Waals surface area contributed by atoms with E-state index < -0.39 is 0 Å². The summed E-state index contributed by atoms with van der Waals surface area (Å²) >= 11 is 0. The number of rotatable bonds is 2. The molecule has 0 aliphatic heterocycles. The molecule has 0 heterocycles. The van der Waals surface area contributed by atoms with Gasteiger partial charge < -0.3 is 4.74 Å². The second-order valence-corrected chi connectivity index (χ2v) is 5.83. The minimum Gasteiger partial charge on any atom is -0.465 e. The summed E-state index contributed by atoms with van der Waals surface area (Å²) in [5.74, 6) is 2.49. The number of carbonyl (C=O) groups is 1. The Morgan fingerprint density at radius 2 is 1.60 bits per heavy atom. The molecule has 4 saturated carbocycles. The van der Waals surface area contributed by atoms with E-state index in [0.717, 1.165) is 37.0 Å². The first-order valence-corrected chi connectivity index (χ1v) is 6.18. The Labute approximate surface area is 91.4 Å². The Bertz CT molecular complexity index is 247. The van der Waals surface area contributed by atoms with Gasteiger partial charge in [-0.05, 0) is 63.2 Å². The van der Waals surface area contributed by atoms with Crippen LogP contribution in [-0.4, -0.2) is 12.6 Å². The molecule has 0 amide bonds. The van der Waals surface area contributed by atoms with Gasteiger partial charge in [0.05, 0.1) is 12.0 Å². The van der Waals surface area contributed by atoms with Crippen LogP contribution in [-0.2, 0) is 9.53 Å². The average molecular weight is 207 g/mol. The molecule has 4 fully saturated rings. The first-order valence-electron chi connectivity index (χ1n) is 6.18. The molecule has 0 N–H and O–H groups in total. The van der Waals surface area contributed by atoms with Gasteiger partial charge in [0, 0.05) is 0 Å². The second-order valence-electron chi connectivity index (χ2n) is 5.83. The highest BCUT2D eigenvalue weighted by molar-refractivity contribution is 5.77. The SMILES string of the molecule is [CH2]COC(=O)C12CC3CC(CC(C3)C1)C2. The van der Waals surface area contributed by atoms with Gasteiger partial charge >= 0.3 is 5.97 Å². The highest BCUT2D eigenvalue weighted by atomic mass is 16.5. The van der Waals surface area contributed by atoms with Gasteiger partial charge in [-0.15, -0.1) is 0 Å². The highest BCUT2D eigenvalue weighted by Crippen LogP contribution is 2.60. The Kier molecular flexibility index (Phi) is 2.08. The maximum atomic E-state index is 12.0. The van der Waals surface area contributed by atoms with Gasteiger partial charge in [-0.2, -0.15) is 0 Å². The summed E-state index contributed by atoms with van der Waals surface area (Å²) in [4.78, 5) is 12.0. The third kappa shape index (κ3) is 1.41. The summed E-state index contributed by atoms with van der Waals surface area (Å²) in [7, 11) is 0. The van der Waals surface area contributed by atoms with E-state index >= 15 is 0 Å². The number of esters is 1. The van der Waals surface area contributed by atoms with Crippen molar-refractivity contribution in [3.05, 3.63) is 6.92 Å². The Balaban J connectivity index is 1.83. The Morgan fingerprint density at radius 3 is 2.00 bits per heavy atom. The topological polar surface area (TPSA) is 26.3 Å². The molecule has 0 spiro atoms. The van der Waals surface area contributed by atoms with E-state index in [4.69, 9.17) is 4.74 Å². The summed E-state index contributed by atoms with van der Waals surface area (Å²) in [6.07, 6.45) is 7.40. The maximum absolute atomic E-state index is 12.0. The summed E-state index contributed by atoms with van der Waals surface area (Å²) in [5, 5.41) is 0. The lowest BCUT2D eigenvalue weighted by Gasteiger charge is -2.55. The van der Waals surface area contributed by atoms with Crippen molar-refractivity contribution in [2.24, 2.45) is 23.2 Å². The lowest BCUT2D eigenvalue weighted by atomic mass is 9.49. The quantitative estimate of drug-likeness (QED) is 0.650. The summed E-state index contributed by atoms with van der Waals surface area (Å²) < 4.78 is 5.18. The summed E-state index contributed by atoms with van der Waals surface area (Å²) in [6.45, 7) is 3.90. The molecule has 0 unspecified atom stereocenters. The van der Waals surface area contributed by atoms with E-state index in [2.05, 4.69) is 6.92 Å². The third-order valence-electron chi connectivity index (χ3n) is 4.70. The van der Waals surface area contributed by atoms with Crippen LogP contribution >= 0.6 is 0 Å². The smallest absolute Gasteiger partial charge is 0.312 e. The first kappa shape index (κ1) is 9.68. The van der Waals surface area contributed by atoms with Crippen molar-refractivity contribution in [2.45, 2.75) is 38.5 Å². The fraction of sp³-hybridized carbons (Fsp3) is 0.846. The van der Waals surface area contributed by atoms with Crippen LogP contribution in [0.25, 0.3) is 0 Å². The van der Waals surface area contributed by atoms with Crippen LogP contribution in [0.2, 0.25) is 0 Å². The molecule has 2 nitrogen and oxygen atoms in total. The number of carbonyl (C=O) groups excluding carboxylic acids is 1. The maximum Gasteiger partial charge on any atom is 0.312 e. The Hall–Kier alpha value is -0.530. The minimum absolute atomic E-state index is 0.0524. The van der Waals surface area contributed by atoms with Crippen LogP contribution < -0.4 is 0 Å². The largest absolute Gasteiger partial charge is 0.465 e. The molecule has 1 radical (unpaired) electrons. The molecule has 4 bridgehead atoms. The van der Waals surface area contributed by atoms with Crippen molar-refractivity contribution in [1.29, 1.82) is 0 Å². The lowest BCUT2D eigenvalue weighted by molar-refractivity contribution is -0.170. The Morgan fingerprint density at radius 1 is 1.13 bits per heavy atom. The van der Waals surface area contributed by atoms with Crippen molar-refractivity contribution in [3.8, 4) is 0 Å². The van der Waals surface area contributed by atoms with E-state index in [9.17, 15) is 4.79 Å². The van der Waals surface area contributed by atoms with Crippen molar-refractivity contribution in [2.75, 3.05) is 6.61 Å². The predicted octanol–water partition coefficient (Wildman–Crippen LogP) is 2.58. The molecule has 4 aliphatic rings. The van der Waals surface area contributed by atoms with E-state index in [1.807, 2.05) is 0 Å². The van der Waals surface area contributed by atoms with Gasteiger partial charge in [0.2, 0.25) is 0 Å². The standard InChI is InChI=1S/C13H19O2/c1-2-15-12(14)13-6-9-3-10(7-13)5-11(4-9)8-13/h9-11H,1-8H2. The fourth-order valence-electron chi connectivity index (χ4n) is 4.61. The van der Waals surface area contributed by atoms with Gasteiger partial charge in [0.15, 0.2) is 0 Å². The molecule has 2 heteroatoms. The molecule has 0 aromatic heterocycles. The fourth-order valence-corrected chi connectivity index (χ4v) is 4.61. The third-order valence-corrected chi connectivity index (χ3v) is 4.70. The van der Waals surface area contributed by atoms with Crippen molar-refractivity contribution in [3.63, 3.8) is 0 Å². The van der Waals surface area contributed by atoms with Crippen molar-refractivity contribution >= 4 is 5.97 Å². The molecule has 0 aromatic carbocycles. The summed E-state index contributed by atoms with van der Waals surface area (Å²) in [6, 6.07) is 0. The van der Waals surface area contributed by atoms with E-state index in [1.54, 1.807) is 0 Å². The van der Waals surface area contributed by atoms with Gasteiger partial charge in [0.25, 0.3) is 0 Å². The zero-order valence-electron chi connectivity index (χ0n) is 9.21. The number of ether oxygens (including phenoxy) is 1. The number of hydrogen-bond acceptors (Lipinski definition) is 2. The van der Waals surface area contributed by atoms with Crippen LogP contribution in [0.15, 0.2) is 0 Å². The zero-order valence-corrected chi connectivity index (χ0v) is 9.21. The van der Waals surface area contributed by atoms with Gasteiger partial charge in [-0.25, -0.2) is 0 Å². The van der Waals surface area contributed by atoms with Gasteiger partial charge in [-0.1, -0.05) is 0 Å². The number of hydrogen-bond donors (Lipinski definition) is 0. The zero-order chi connectivity index (χ0) is 10.5. The minimum atomic E-state index is -0.0908. The molecule has 83 valence electrons. The predicted molar refractivity (Wildman–Crippen MR) is 56.9 cm³/mol. The van der Waals surface area contributed by atoms with E-state index in [-0.39, 0.29) is 11.4 Å². The molecule has 4 rings (SSSR count). The molecular formula is C13H19O2. The average Bonchev–Trinajstić information content (AvgIpc) is 2.15. The van der Waals surface area contributed by atoms with E-state index in [1.165, 1.54) is 19.3 Å². The normalized spacial score (nSPS) is 46.9. The molecule has 0 saturated heterocycles. The molecule has 4 aliphatic carbocycles. The second kappa shape index (κ2) is 3.23.